The maximum Gasteiger partial charge on any atom is 0.416 e. The average Bonchev–Trinajstić information content (AvgIpc) is 2.88. The molecule has 0 unspecified atom stereocenters. The van der Waals surface area contributed by atoms with E-state index in [1.54, 1.807) is 0 Å². The molecule has 1 aromatic rings. The number of hydrogen-bond donors (Lipinski definition) is 2. The molecule has 1 saturated carbocycles. The third kappa shape index (κ3) is 2.66. The normalized spacial score (nSPS) is 18.2. The molecule has 0 aromatic heterocycles. The number of benzene rings is 1. The van der Waals surface area contributed by atoms with E-state index in [1.807, 2.05) is 0 Å². The van der Waals surface area contributed by atoms with Crippen LogP contribution < -0.4 is 5.73 Å². The first-order valence-corrected chi connectivity index (χ1v) is 5.47. The van der Waals surface area contributed by atoms with Crippen molar-refractivity contribution in [3.8, 4) is 5.75 Å². The Morgan fingerprint density at radius 1 is 1.35 bits per heavy atom. The number of halogens is 4. The van der Waals surface area contributed by atoms with Crippen LogP contribution in [0.15, 0.2) is 12.1 Å². The minimum absolute atomic E-state index is 0.0419. The lowest BCUT2D eigenvalue weighted by Gasteiger charge is -2.16. The summed E-state index contributed by atoms with van der Waals surface area (Å²) < 4.78 is 38.3. The summed E-state index contributed by atoms with van der Waals surface area (Å²) in [6, 6.07) is 1.80. The lowest BCUT2D eigenvalue weighted by molar-refractivity contribution is -0.138. The van der Waals surface area contributed by atoms with Gasteiger partial charge in [0.2, 0.25) is 0 Å². The van der Waals surface area contributed by atoms with Crippen LogP contribution in [-0.4, -0.2) is 10.6 Å². The molecule has 2 nitrogen and oxygen atoms in total. The van der Waals surface area contributed by atoms with Crippen LogP contribution in [0.1, 0.15) is 24.0 Å². The number of hydrogen-bond acceptors (Lipinski definition) is 2. The van der Waals surface area contributed by atoms with Gasteiger partial charge in [-0.05, 0) is 37.0 Å². The van der Waals surface area contributed by atoms with Crippen LogP contribution in [0.4, 0.5) is 13.2 Å². The molecule has 94 valence electrons. The van der Waals surface area contributed by atoms with Crippen LogP contribution in [0.25, 0.3) is 0 Å². The Labute approximate surface area is 101 Å². The molecule has 0 aliphatic heterocycles. The van der Waals surface area contributed by atoms with Crippen LogP contribution in [0, 0.1) is 0 Å². The molecule has 0 saturated heterocycles. The second kappa shape index (κ2) is 3.78. The smallest absolute Gasteiger partial charge is 0.416 e. The van der Waals surface area contributed by atoms with E-state index in [0.717, 1.165) is 6.07 Å². The summed E-state index contributed by atoms with van der Waals surface area (Å²) in [5.74, 6) is -0.565. The number of nitrogens with two attached hydrogens (primary N) is 1. The maximum absolute atomic E-state index is 12.8. The first kappa shape index (κ1) is 12.5. The summed E-state index contributed by atoms with van der Waals surface area (Å²) in [5, 5.41) is 9.15. The standard InChI is InChI=1S/C11H11ClF3NO/c12-8-3-6(5-10(16)1-2-10)7(4-9(8)17)11(13,14)15/h3-4,17H,1-2,5,16H2. The molecule has 0 spiro atoms. The first-order chi connectivity index (χ1) is 7.71. The molecule has 1 aliphatic rings. The Morgan fingerprint density at radius 2 is 1.94 bits per heavy atom. The van der Waals surface area contributed by atoms with Crippen LogP contribution in [-0.2, 0) is 12.6 Å². The van der Waals surface area contributed by atoms with Gasteiger partial charge < -0.3 is 10.8 Å². The fraction of sp³-hybridized carbons (Fsp3) is 0.455. The van der Waals surface area contributed by atoms with Gasteiger partial charge in [0, 0.05) is 5.54 Å². The summed E-state index contributed by atoms with van der Waals surface area (Å²) in [5.41, 5.74) is 4.44. The Hall–Kier alpha value is -0.940. The molecule has 3 N–H and O–H groups in total. The van der Waals surface area contributed by atoms with Crippen molar-refractivity contribution in [3.63, 3.8) is 0 Å². The molecule has 0 atom stereocenters. The number of phenolic OH excluding ortho intramolecular Hbond substituents is 1. The van der Waals surface area contributed by atoms with Crippen LogP contribution in [0.3, 0.4) is 0 Å². The van der Waals surface area contributed by atoms with Gasteiger partial charge in [-0.25, -0.2) is 0 Å². The molecule has 0 bridgehead atoms. The zero-order valence-corrected chi connectivity index (χ0v) is 9.57. The second-order valence-electron chi connectivity index (χ2n) is 4.50. The molecule has 1 fully saturated rings. The Balaban J connectivity index is 2.44. The van der Waals surface area contributed by atoms with Gasteiger partial charge in [0.05, 0.1) is 10.6 Å². The van der Waals surface area contributed by atoms with Crippen molar-refractivity contribution in [2.24, 2.45) is 5.73 Å². The highest BCUT2D eigenvalue weighted by Gasteiger charge is 2.42. The summed E-state index contributed by atoms with van der Waals surface area (Å²) in [4.78, 5) is 0. The van der Waals surface area contributed by atoms with Crippen molar-refractivity contribution in [1.29, 1.82) is 0 Å². The first-order valence-electron chi connectivity index (χ1n) is 5.09. The van der Waals surface area contributed by atoms with E-state index in [-0.39, 0.29) is 17.0 Å². The van der Waals surface area contributed by atoms with Gasteiger partial charge in [-0.2, -0.15) is 13.2 Å². The van der Waals surface area contributed by atoms with E-state index in [2.05, 4.69) is 0 Å². The van der Waals surface area contributed by atoms with E-state index < -0.39 is 23.0 Å². The minimum Gasteiger partial charge on any atom is -0.506 e. The fourth-order valence-electron chi connectivity index (χ4n) is 1.73. The third-order valence-electron chi connectivity index (χ3n) is 2.91. The molecule has 1 aliphatic carbocycles. The van der Waals surface area contributed by atoms with Gasteiger partial charge in [-0.3, -0.25) is 0 Å². The largest absolute Gasteiger partial charge is 0.506 e. The van der Waals surface area contributed by atoms with E-state index in [1.165, 1.54) is 0 Å². The van der Waals surface area contributed by atoms with Crippen LogP contribution in [0.2, 0.25) is 5.02 Å². The molecular formula is C11H11ClF3NO. The number of phenols is 1. The second-order valence-corrected chi connectivity index (χ2v) is 4.90. The molecule has 0 amide bonds. The highest BCUT2D eigenvalue weighted by atomic mass is 35.5. The highest BCUT2D eigenvalue weighted by Crippen LogP contribution is 2.42. The zero-order chi connectivity index (χ0) is 12.8. The predicted molar refractivity (Wildman–Crippen MR) is 58.0 cm³/mol. The SMILES string of the molecule is NC1(Cc2cc(Cl)c(O)cc2C(F)(F)F)CC1. The minimum atomic E-state index is -4.51. The quantitative estimate of drug-likeness (QED) is 0.863. The van der Waals surface area contributed by atoms with Crippen molar-refractivity contribution >= 4 is 11.6 Å². The van der Waals surface area contributed by atoms with Crippen molar-refractivity contribution in [2.45, 2.75) is 31.0 Å². The summed E-state index contributed by atoms with van der Waals surface area (Å²) in [7, 11) is 0. The average molecular weight is 266 g/mol. The topological polar surface area (TPSA) is 46.2 Å². The van der Waals surface area contributed by atoms with Crippen LogP contribution in [0.5, 0.6) is 5.75 Å². The van der Waals surface area contributed by atoms with Crippen molar-refractivity contribution in [3.05, 3.63) is 28.3 Å². The van der Waals surface area contributed by atoms with Crippen molar-refractivity contribution in [1.82, 2.24) is 0 Å². The zero-order valence-electron chi connectivity index (χ0n) is 8.81. The molecule has 0 radical (unpaired) electrons. The Morgan fingerprint density at radius 3 is 2.41 bits per heavy atom. The van der Waals surface area contributed by atoms with Gasteiger partial charge >= 0.3 is 6.18 Å². The van der Waals surface area contributed by atoms with Gasteiger partial charge in [0.15, 0.2) is 0 Å². The maximum atomic E-state index is 12.8. The summed E-state index contributed by atoms with van der Waals surface area (Å²) in [6.45, 7) is 0. The lowest BCUT2D eigenvalue weighted by atomic mass is 9.98. The van der Waals surface area contributed by atoms with Gasteiger partial charge in [-0.1, -0.05) is 11.6 Å². The van der Waals surface area contributed by atoms with Crippen LogP contribution >= 0.6 is 11.6 Å². The third-order valence-corrected chi connectivity index (χ3v) is 3.22. The van der Waals surface area contributed by atoms with E-state index in [9.17, 15) is 18.3 Å². The van der Waals surface area contributed by atoms with Gasteiger partial charge in [-0.15, -0.1) is 0 Å². The van der Waals surface area contributed by atoms with E-state index in [4.69, 9.17) is 17.3 Å². The molecule has 0 heterocycles. The van der Waals surface area contributed by atoms with Crippen molar-refractivity contribution in [2.75, 3.05) is 0 Å². The molecule has 17 heavy (non-hydrogen) atoms. The lowest BCUT2D eigenvalue weighted by Crippen LogP contribution is -2.26. The molecule has 2 rings (SSSR count). The highest BCUT2D eigenvalue weighted by molar-refractivity contribution is 6.32. The molecule has 1 aromatic carbocycles. The molecule has 6 heteroatoms. The van der Waals surface area contributed by atoms with Gasteiger partial charge in [0.1, 0.15) is 5.75 Å². The number of rotatable bonds is 2. The summed E-state index contributed by atoms with van der Waals surface area (Å²) in [6.07, 6.45) is -2.96. The Kier molecular flexibility index (Phi) is 2.78. The van der Waals surface area contributed by atoms with E-state index >= 15 is 0 Å². The summed E-state index contributed by atoms with van der Waals surface area (Å²) >= 11 is 5.63. The Bertz CT molecular complexity index is 455. The fourth-order valence-corrected chi connectivity index (χ4v) is 1.92. The van der Waals surface area contributed by atoms with Gasteiger partial charge in [0.25, 0.3) is 0 Å². The van der Waals surface area contributed by atoms with Crippen molar-refractivity contribution < 1.29 is 18.3 Å². The number of alkyl halides is 3. The monoisotopic (exact) mass is 265 g/mol. The predicted octanol–water partition coefficient (Wildman–Crippen LogP) is 3.10. The number of aromatic hydroxyl groups is 1. The van der Waals surface area contributed by atoms with E-state index in [0.29, 0.717) is 18.9 Å². The molecular weight excluding hydrogens is 255 g/mol.